The number of aliphatic carboxylic acids is 1. The Balaban J connectivity index is 2.44. The molecule has 1 aromatic rings. The van der Waals surface area contributed by atoms with Gasteiger partial charge in [0.25, 0.3) is 0 Å². The summed E-state index contributed by atoms with van der Waals surface area (Å²) in [6.45, 7) is 1.92. The van der Waals surface area contributed by atoms with Crippen molar-refractivity contribution in [3.63, 3.8) is 0 Å². The van der Waals surface area contributed by atoms with Crippen LogP contribution >= 0.6 is 11.8 Å². The molecule has 0 spiro atoms. The van der Waals surface area contributed by atoms with Crippen molar-refractivity contribution in [1.29, 1.82) is 0 Å². The Hall–Kier alpha value is -1.21. The van der Waals surface area contributed by atoms with E-state index >= 15 is 0 Å². The molecule has 0 aromatic heterocycles. The van der Waals surface area contributed by atoms with Crippen molar-refractivity contribution in [2.24, 2.45) is 0 Å². The van der Waals surface area contributed by atoms with Gasteiger partial charge in [-0.2, -0.15) is 13.2 Å². The average molecular weight is 293 g/mol. The van der Waals surface area contributed by atoms with E-state index in [9.17, 15) is 18.0 Å². The minimum atomic E-state index is -4.34. The minimum absolute atomic E-state index is 0.411. The summed E-state index contributed by atoms with van der Waals surface area (Å²) in [6.07, 6.45) is -4.34. The molecule has 2 N–H and O–H groups in total. The van der Waals surface area contributed by atoms with Crippen molar-refractivity contribution >= 4 is 17.7 Å². The number of nitrogens with one attached hydrogen (secondary N) is 1. The molecule has 0 saturated carbocycles. The molecule has 0 heterocycles. The molecule has 0 unspecified atom stereocenters. The summed E-state index contributed by atoms with van der Waals surface area (Å²) in [5.74, 6) is -0.456. The van der Waals surface area contributed by atoms with Gasteiger partial charge in [0.1, 0.15) is 6.04 Å². The highest BCUT2D eigenvalue weighted by Crippen LogP contribution is 2.31. The lowest BCUT2D eigenvalue weighted by molar-refractivity contribution is -0.139. The lowest BCUT2D eigenvalue weighted by Crippen LogP contribution is -2.35. The number of halogens is 3. The van der Waals surface area contributed by atoms with Crippen molar-refractivity contribution in [2.45, 2.75) is 24.0 Å². The summed E-state index contributed by atoms with van der Waals surface area (Å²) < 4.78 is 37.4. The predicted octanol–water partition coefficient (Wildman–Crippen LogP) is 2.86. The normalized spacial score (nSPS) is 13.3. The molecule has 3 nitrogen and oxygen atoms in total. The second-order valence-corrected chi connectivity index (χ2v) is 5.06. The Kier molecular flexibility index (Phi) is 5.68. The Labute approximate surface area is 113 Å². The Bertz CT molecular complexity index is 437. The van der Waals surface area contributed by atoms with Gasteiger partial charge in [0.15, 0.2) is 0 Å². The summed E-state index contributed by atoms with van der Waals surface area (Å²) >= 11 is 1.25. The first-order valence-corrected chi connectivity index (χ1v) is 6.55. The van der Waals surface area contributed by atoms with E-state index in [0.29, 0.717) is 17.2 Å². The molecule has 1 rings (SSSR count). The van der Waals surface area contributed by atoms with E-state index in [4.69, 9.17) is 5.11 Å². The number of carboxylic acids is 1. The van der Waals surface area contributed by atoms with E-state index in [1.54, 1.807) is 6.07 Å². The number of thioether (sulfide) groups is 1. The van der Waals surface area contributed by atoms with Gasteiger partial charge in [0, 0.05) is 17.2 Å². The predicted molar refractivity (Wildman–Crippen MR) is 67.3 cm³/mol. The van der Waals surface area contributed by atoms with Crippen molar-refractivity contribution in [3.8, 4) is 0 Å². The van der Waals surface area contributed by atoms with Crippen LogP contribution in [-0.4, -0.2) is 29.4 Å². The molecule has 0 radical (unpaired) electrons. The van der Waals surface area contributed by atoms with Crippen LogP contribution in [0, 0.1) is 0 Å². The maximum Gasteiger partial charge on any atom is 0.416 e. The molecule has 0 amide bonds. The van der Waals surface area contributed by atoms with Crippen LogP contribution in [0.4, 0.5) is 13.2 Å². The van der Waals surface area contributed by atoms with E-state index < -0.39 is 23.8 Å². The van der Waals surface area contributed by atoms with Crippen molar-refractivity contribution in [2.75, 3.05) is 12.3 Å². The molecule has 1 atom stereocenters. The van der Waals surface area contributed by atoms with Crippen LogP contribution in [-0.2, 0) is 11.0 Å². The lowest BCUT2D eigenvalue weighted by Gasteiger charge is -2.10. The molecule has 0 aliphatic carbocycles. The highest BCUT2D eigenvalue weighted by Gasteiger charge is 2.30. The summed E-state index contributed by atoms with van der Waals surface area (Å²) in [4.78, 5) is 11.0. The van der Waals surface area contributed by atoms with Crippen molar-refractivity contribution in [1.82, 2.24) is 5.32 Å². The molecular formula is C12H14F3NO2S. The molecule has 1 aromatic carbocycles. The monoisotopic (exact) mass is 293 g/mol. The molecule has 0 aliphatic heterocycles. The molecule has 0 aliphatic rings. The zero-order valence-corrected chi connectivity index (χ0v) is 11.0. The minimum Gasteiger partial charge on any atom is -0.480 e. The van der Waals surface area contributed by atoms with Gasteiger partial charge in [-0.1, -0.05) is 6.07 Å². The fourth-order valence-corrected chi connectivity index (χ4v) is 2.13. The highest BCUT2D eigenvalue weighted by molar-refractivity contribution is 7.99. The van der Waals surface area contributed by atoms with Gasteiger partial charge in [-0.25, -0.2) is 0 Å². The van der Waals surface area contributed by atoms with Crippen LogP contribution in [0.5, 0.6) is 0 Å². The van der Waals surface area contributed by atoms with Gasteiger partial charge in [0.05, 0.1) is 5.56 Å². The van der Waals surface area contributed by atoms with Crippen LogP contribution < -0.4 is 5.32 Å². The Morgan fingerprint density at radius 2 is 2.16 bits per heavy atom. The van der Waals surface area contributed by atoms with Crippen LogP contribution in [0.3, 0.4) is 0 Å². The zero-order valence-electron chi connectivity index (χ0n) is 10.2. The third-order valence-corrected chi connectivity index (χ3v) is 3.35. The quantitative estimate of drug-likeness (QED) is 0.625. The van der Waals surface area contributed by atoms with Crippen molar-refractivity contribution < 1.29 is 23.1 Å². The first-order chi connectivity index (χ1) is 8.80. The van der Waals surface area contributed by atoms with Crippen molar-refractivity contribution in [3.05, 3.63) is 29.8 Å². The molecule has 0 bridgehead atoms. The standard InChI is InChI=1S/C12H14F3NO2S/c1-8(11(17)18)16-5-6-19-10-4-2-3-9(7-10)12(13,14)15/h2-4,7-8,16H,5-6H2,1H3,(H,17,18)/t8-/m0/s1. The smallest absolute Gasteiger partial charge is 0.416 e. The fourth-order valence-electron chi connectivity index (χ4n) is 1.29. The third kappa shape index (κ3) is 5.52. The molecule has 7 heteroatoms. The second-order valence-electron chi connectivity index (χ2n) is 3.89. The number of hydrogen-bond donors (Lipinski definition) is 2. The number of carbonyl (C=O) groups is 1. The van der Waals surface area contributed by atoms with Gasteiger partial charge < -0.3 is 10.4 Å². The van der Waals surface area contributed by atoms with Crippen LogP contribution in [0.1, 0.15) is 12.5 Å². The van der Waals surface area contributed by atoms with E-state index in [0.717, 1.165) is 12.1 Å². The number of rotatable bonds is 6. The van der Waals surface area contributed by atoms with Crippen LogP contribution in [0.15, 0.2) is 29.2 Å². The van der Waals surface area contributed by atoms with Gasteiger partial charge in [-0.3, -0.25) is 4.79 Å². The Morgan fingerprint density at radius 3 is 2.74 bits per heavy atom. The molecule has 106 valence electrons. The van der Waals surface area contributed by atoms with Crippen LogP contribution in [0.2, 0.25) is 0 Å². The molecule has 0 saturated heterocycles. The topological polar surface area (TPSA) is 49.3 Å². The maximum atomic E-state index is 12.5. The zero-order chi connectivity index (χ0) is 14.5. The van der Waals surface area contributed by atoms with Gasteiger partial charge >= 0.3 is 12.1 Å². The summed E-state index contributed by atoms with van der Waals surface area (Å²) in [6, 6.07) is 4.40. The van der Waals surface area contributed by atoms with E-state index in [-0.39, 0.29) is 0 Å². The van der Waals surface area contributed by atoms with E-state index in [1.165, 1.54) is 24.8 Å². The Morgan fingerprint density at radius 1 is 1.47 bits per heavy atom. The number of hydrogen-bond acceptors (Lipinski definition) is 3. The molecule has 0 fully saturated rings. The van der Waals surface area contributed by atoms with E-state index in [2.05, 4.69) is 5.32 Å². The number of benzene rings is 1. The third-order valence-electron chi connectivity index (χ3n) is 2.35. The van der Waals surface area contributed by atoms with E-state index in [1.807, 2.05) is 0 Å². The van der Waals surface area contributed by atoms with Gasteiger partial charge in [0.2, 0.25) is 0 Å². The lowest BCUT2D eigenvalue weighted by atomic mass is 10.2. The second kappa shape index (κ2) is 6.81. The SMILES string of the molecule is C[C@H](NCCSc1cccc(C(F)(F)F)c1)C(=O)O. The average Bonchev–Trinajstić information content (AvgIpc) is 2.33. The fraction of sp³-hybridized carbons (Fsp3) is 0.417. The van der Waals surface area contributed by atoms with Gasteiger partial charge in [-0.05, 0) is 25.1 Å². The first-order valence-electron chi connectivity index (χ1n) is 5.57. The largest absolute Gasteiger partial charge is 0.480 e. The highest BCUT2D eigenvalue weighted by atomic mass is 32.2. The van der Waals surface area contributed by atoms with Crippen LogP contribution in [0.25, 0.3) is 0 Å². The maximum absolute atomic E-state index is 12.5. The molecular weight excluding hydrogens is 279 g/mol. The summed E-state index contributed by atoms with van der Waals surface area (Å²) in [5, 5.41) is 11.4. The molecule has 19 heavy (non-hydrogen) atoms. The first kappa shape index (κ1) is 15.8. The summed E-state index contributed by atoms with van der Waals surface area (Å²) in [5.41, 5.74) is -0.677. The number of carboxylic acid groups (broad SMARTS) is 1. The van der Waals surface area contributed by atoms with Gasteiger partial charge in [-0.15, -0.1) is 11.8 Å². The summed E-state index contributed by atoms with van der Waals surface area (Å²) in [7, 11) is 0. The number of alkyl halides is 3.